The van der Waals surface area contributed by atoms with E-state index in [4.69, 9.17) is 4.74 Å². The largest absolute Gasteiger partial charge is 0.372 e. The van der Waals surface area contributed by atoms with Gasteiger partial charge in [0.15, 0.2) is 0 Å². The molecular formula is C17H33NO3. The molecule has 4 nitrogen and oxygen atoms in total. The third-order valence-corrected chi connectivity index (χ3v) is 3.36. The summed E-state index contributed by atoms with van der Waals surface area (Å²) in [5, 5.41) is 2.88. The molecule has 0 bridgehead atoms. The maximum atomic E-state index is 11.3. The van der Waals surface area contributed by atoms with Crippen LogP contribution in [-0.2, 0) is 14.3 Å². The first-order valence-corrected chi connectivity index (χ1v) is 8.50. The summed E-state index contributed by atoms with van der Waals surface area (Å²) in [6, 6.07) is 0. The molecular weight excluding hydrogens is 266 g/mol. The van der Waals surface area contributed by atoms with Gasteiger partial charge < -0.3 is 14.8 Å². The summed E-state index contributed by atoms with van der Waals surface area (Å²) in [5.41, 5.74) is 0. The van der Waals surface area contributed by atoms with Gasteiger partial charge in [-0.1, -0.05) is 45.4 Å². The van der Waals surface area contributed by atoms with Crippen LogP contribution >= 0.6 is 0 Å². The molecule has 4 heteroatoms. The van der Waals surface area contributed by atoms with E-state index in [0.717, 1.165) is 32.2 Å². The highest BCUT2D eigenvalue weighted by atomic mass is 16.5. The van der Waals surface area contributed by atoms with Gasteiger partial charge in [-0.2, -0.15) is 0 Å². The number of unbranched alkanes of at least 4 members (excludes halogenated alkanes) is 7. The van der Waals surface area contributed by atoms with Crippen LogP contribution in [0.25, 0.3) is 0 Å². The minimum Gasteiger partial charge on any atom is -0.372 e. The van der Waals surface area contributed by atoms with Gasteiger partial charge in [0.1, 0.15) is 12.4 Å². The third-order valence-electron chi connectivity index (χ3n) is 3.36. The molecule has 0 aliphatic rings. The molecule has 124 valence electrons. The average molecular weight is 299 g/mol. The number of hydrogen-bond donors (Lipinski definition) is 1. The van der Waals surface area contributed by atoms with Crippen molar-refractivity contribution in [1.82, 2.24) is 5.32 Å². The van der Waals surface area contributed by atoms with Crippen LogP contribution in [0.3, 0.4) is 0 Å². The molecule has 1 amide bonds. The maximum absolute atomic E-state index is 11.3. The minimum atomic E-state index is -0.00563. The first kappa shape index (κ1) is 20.1. The Labute approximate surface area is 130 Å². The van der Waals surface area contributed by atoms with Crippen LogP contribution in [0.5, 0.6) is 0 Å². The smallest absolute Gasteiger partial charge is 0.245 e. The summed E-state index contributed by atoms with van der Waals surface area (Å²) in [5.74, 6) is 0.297. The molecule has 0 unspecified atom stereocenters. The summed E-state index contributed by atoms with van der Waals surface area (Å²) in [7, 11) is 0. The zero-order valence-corrected chi connectivity index (χ0v) is 13.9. The first-order valence-electron chi connectivity index (χ1n) is 8.50. The van der Waals surface area contributed by atoms with Crippen LogP contribution in [0.15, 0.2) is 0 Å². The lowest BCUT2D eigenvalue weighted by Crippen LogP contribution is -2.28. The molecule has 0 aliphatic heterocycles. The van der Waals surface area contributed by atoms with Crippen LogP contribution < -0.4 is 5.32 Å². The molecule has 0 saturated heterocycles. The second-order valence-corrected chi connectivity index (χ2v) is 5.68. The quantitative estimate of drug-likeness (QED) is 0.470. The molecule has 0 aromatic rings. The standard InChI is InChI=1S/C17H33NO3/c1-3-14-21-15-17(20)18-13-11-9-7-5-4-6-8-10-12-16(2)19/h3-15H2,1-2H3,(H,18,20). The predicted octanol–water partition coefficient (Wildman–Crippen LogP) is 3.63. The molecule has 1 N–H and O–H groups in total. The van der Waals surface area contributed by atoms with Gasteiger partial charge in [-0.3, -0.25) is 4.79 Å². The van der Waals surface area contributed by atoms with E-state index in [1.54, 1.807) is 6.92 Å². The fraction of sp³-hybridized carbons (Fsp3) is 0.882. The Morgan fingerprint density at radius 3 is 2.05 bits per heavy atom. The molecule has 0 atom stereocenters. The molecule has 0 aromatic heterocycles. The Hall–Kier alpha value is -0.900. The molecule has 0 aromatic carbocycles. The summed E-state index contributed by atoms with van der Waals surface area (Å²) in [4.78, 5) is 22.1. The summed E-state index contributed by atoms with van der Waals surface area (Å²) in [6.45, 7) is 5.29. The lowest BCUT2D eigenvalue weighted by molar-refractivity contribution is -0.125. The number of rotatable bonds is 15. The number of carbonyl (C=O) groups is 2. The van der Waals surface area contributed by atoms with Crippen LogP contribution in [-0.4, -0.2) is 31.4 Å². The van der Waals surface area contributed by atoms with Crippen molar-refractivity contribution in [2.75, 3.05) is 19.8 Å². The Morgan fingerprint density at radius 1 is 0.905 bits per heavy atom. The number of Topliss-reactive ketones (excluding diaryl/α,β-unsaturated/α-hetero) is 1. The maximum Gasteiger partial charge on any atom is 0.245 e. The fourth-order valence-corrected chi connectivity index (χ4v) is 2.15. The van der Waals surface area contributed by atoms with Crippen molar-refractivity contribution in [2.24, 2.45) is 0 Å². The fourth-order valence-electron chi connectivity index (χ4n) is 2.15. The highest BCUT2D eigenvalue weighted by Gasteiger charge is 1.99. The van der Waals surface area contributed by atoms with Gasteiger partial charge in [0.25, 0.3) is 0 Å². The lowest BCUT2D eigenvalue weighted by atomic mass is 10.1. The van der Waals surface area contributed by atoms with E-state index in [0.29, 0.717) is 12.4 Å². The summed E-state index contributed by atoms with van der Waals surface area (Å²) >= 11 is 0. The Bertz CT molecular complexity index is 267. The average Bonchev–Trinajstić information content (AvgIpc) is 2.44. The van der Waals surface area contributed by atoms with Gasteiger partial charge in [-0.05, 0) is 26.2 Å². The van der Waals surface area contributed by atoms with Crippen molar-refractivity contribution in [3.63, 3.8) is 0 Å². The van der Waals surface area contributed by atoms with Gasteiger partial charge in [-0.15, -0.1) is 0 Å². The van der Waals surface area contributed by atoms with Crippen LogP contribution in [0.1, 0.15) is 78.1 Å². The second-order valence-electron chi connectivity index (χ2n) is 5.68. The molecule has 0 fully saturated rings. The van der Waals surface area contributed by atoms with Crippen molar-refractivity contribution in [3.8, 4) is 0 Å². The van der Waals surface area contributed by atoms with E-state index in [1.165, 1.54) is 38.5 Å². The highest BCUT2D eigenvalue weighted by molar-refractivity contribution is 5.77. The monoisotopic (exact) mass is 299 g/mol. The second kappa shape index (κ2) is 15.5. The van der Waals surface area contributed by atoms with Gasteiger partial charge in [0, 0.05) is 19.6 Å². The van der Waals surface area contributed by atoms with Crippen LogP contribution in [0, 0.1) is 0 Å². The number of ether oxygens (including phenoxy) is 1. The number of carbonyl (C=O) groups excluding carboxylic acids is 2. The summed E-state index contributed by atoms with van der Waals surface area (Å²) < 4.78 is 5.17. The molecule has 0 saturated carbocycles. The van der Waals surface area contributed by atoms with Crippen molar-refractivity contribution >= 4 is 11.7 Å². The third kappa shape index (κ3) is 17.0. The number of hydrogen-bond acceptors (Lipinski definition) is 3. The van der Waals surface area contributed by atoms with Crippen molar-refractivity contribution in [3.05, 3.63) is 0 Å². The first-order chi connectivity index (χ1) is 10.2. The van der Waals surface area contributed by atoms with Gasteiger partial charge in [-0.25, -0.2) is 0 Å². The molecule has 21 heavy (non-hydrogen) atoms. The van der Waals surface area contributed by atoms with E-state index in [9.17, 15) is 9.59 Å². The van der Waals surface area contributed by atoms with Crippen molar-refractivity contribution < 1.29 is 14.3 Å². The highest BCUT2D eigenvalue weighted by Crippen LogP contribution is 2.09. The zero-order chi connectivity index (χ0) is 15.8. The van der Waals surface area contributed by atoms with E-state index >= 15 is 0 Å². The van der Waals surface area contributed by atoms with Gasteiger partial charge in [0.05, 0.1) is 0 Å². The van der Waals surface area contributed by atoms with E-state index in [-0.39, 0.29) is 12.5 Å². The minimum absolute atomic E-state index is 0.00563. The predicted molar refractivity (Wildman–Crippen MR) is 86.4 cm³/mol. The Balaban J connectivity index is 3.11. The van der Waals surface area contributed by atoms with E-state index in [1.807, 2.05) is 6.92 Å². The van der Waals surface area contributed by atoms with E-state index in [2.05, 4.69) is 5.32 Å². The summed E-state index contributed by atoms with van der Waals surface area (Å²) in [6.07, 6.45) is 11.1. The Morgan fingerprint density at radius 2 is 1.48 bits per heavy atom. The topological polar surface area (TPSA) is 55.4 Å². The van der Waals surface area contributed by atoms with Crippen molar-refractivity contribution in [1.29, 1.82) is 0 Å². The molecule has 0 heterocycles. The number of ketones is 1. The lowest BCUT2D eigenvalue weighted by Gasteiger charge is -2.05. The molecule has 0 rings (SSSR count). The molecule has 0 radical (unpaired) electrons. The molecule has 0 spiro atoms. The molecule has 0 aliphatic carbocycles. The number of nitrogens with one attached hydrogen (secondary N) is 1. The van der Waals surface area contributed by atoms with E-state index < -0.39 is 0 Å². The van der Waals surface area contributed by atoms with Gasteiger partial charge >= 0.3 is 0 Å². The zero-order valence-electron chi connectivity index (χ0n) is 13.9. The van der Waals surface area contributed by atoms with Crippen molar-refractivity contribution in [2.45, 2.75) is 78.1 Å². The van der Waals surface area contributed by atoms with Crippen LogP contribution in [0.2, 0.25) is 0 Å². The SMILES string of the molecule is CCCOCC(=O)NCCCCCCCCCCC(C)=O. The number of amides is 1. The Kier molecular flexibility index (Phi) is 14.8. The normalized spacial score (nSPS) is 10.6. The van der Waals surface area contributed by atoms with Crippen LogP contribution in [0.4, 0.5) is 0 Å². The van der Waals surface area contributed by atoms with Gasteiger partial charge in [0.2, 0.25) is 5.91 Å².